The molecule has 1 atom stereocenters. The molecule has 0 amide bonds. The molecule has 0 bridgehead atoms. The Hall–Kier alpha value is -1.77. The van der Waals surface area contributed by atoms with Crippen molar-refractivity contribution in [2.75, 3.05) is 7.11 Å². The third-order valence-corrected chi connectivity index (χ3v) is 3.60. The zero-order valence-electron chi connectivity index (χ0n) is 11.5. The molecule has 0 heterocycles. The SMILES string of the molecule is CCCCC1=CC(CC(=O)O)c2ccc(OC)cc21. The number of hydrogen-bond acceptors (Lipinski definition) is 2. The smallest absolute Gasteiger partial charge is 0.304 e. The average Bonchev–Trinajstić information content (AvgIpc) is 2.73. The van der Waals surface area contributed by atoms with E-state index < -0.39 is 5.97 Å². The summed E-state index contributed by atoms with van der Waals surface area (Å²) in [4.78, 5) is 11.0. The van der Waals surface area contributed by atoms with Crippen LogP contribution >= 0.6 is 0 Å². The zero-order chi connectivity index (χ0) is 13.8. The lowest BCUT2D eigenvalue weighted by atomic mass is 9.96. The summed E-state index contributed by atoms with van der Waals surface area (Å²) in [5.74, 6) is 0.0853. The molecule has 3 heteroatoms. The van der Waals surface area contributed by atoms with Crippen LogP contribution in [0.5, 0.6) is 5.75 Å². The maximum atomic E-state index is 11.0. The van der Waals surface area contributed by atoms with Crippen LogP contribution in [-0.2, 0) is 4.79 Å². The zero-order valence-corrected chi connectivity index (χ0v) is 11.5. The second-order valence-corrected chi connectivity index (χ2v) is 4.95. The molecule has 0 saturated heterocycles. The van der Waals surface area contributed by atoms with Gasteiger partial charge in [-0.25, -0.2) is 0 Å². The molecule has 0 aliphatic heterocycles. The fourth-order valence-electron chi connectivity index (χ4n) is 2.63. The first kappa shape index (κ1) is 13.7. The molecule has 19 heavy (non-hydrogen) atoms. The summed E-state index contributed by atoms with van der Waals surface area (Å²) in [7, 11) is 1.65. The number of carboxylic acid groups (broad SMARTS) is 1. The van der Waals surface area contributed by atoms with Gasteiger partial charge in [-0.2, -0.15) is 0 Å². The maximum Gasteiger partial charge on any atom is 0.304 e. The van der Waals surface area contributed by atoms with Gasteiger partial charge < -0.3 is 9.84 Å². The molecule has 0 fully saturated rings. The summed E-state index contributed by atoms with van der Waals surface area (Å²) < 4.78 is 5.27. The number of ether oxygens (including phenoxy) is 1. The van der Waals surface area contributed by atoms with Gasteiger partial charge in [-0.1, -0.05) is 25.5 Å². The number of rotatable bonds is 6. The highest BCUT2D eigenvalue weighted by atomic mass is 16.5. The summed E-state index contributed by atoms with van der Waals surface area (Å²) in [5, 5.41) is 9.01. The quantitative estimate of drug-likeness (QED) is 0.845. The lowest BCUT2D eigenvalue weighted by Crippen LogP contribution is -2.02. The van der Waals surface area contributed by atoms with Crippen LogP contribution in [0.15, 0.2) is 24.3 Å². The van der Waals surface area contributed by atoms with Crippen LogP contribution in [0.25, 0.3) is 5.57 Å². The van der Waals surface area contributed by atoms with Gasteiger partial charge in [0, 0.05) is 5.92 Å². The van der Waals surface area contributed by atoms with E-state index in [-0.39, 0.29) is 12.3 Å². The van der Waals surface area contributed by atoms with Crippen molar-refractivity contribution in [3.8, 4) is 5.75 Å². The Kier molecular flexibility index (Phi) is 4.25. The van der Waals surface area contributed by atoms with Gasteiger partial charge in [0.25, 0.3) is 0 Å². The van der Waals surface area contributed by atoms with E-state index in [1.165, 1.54) is 11.1 Å². The first-order valence-corrected chi connectivity index (χ1v) is 6.76. The predicted molar refractivity (Wildman–Crippen MR) is 75.5 cm³/mol. The molecule has 0 saturated carbocycles. The maximum absolute atomic E-state index is 11.0. The number of aliphatic carboxylic acids is 1. The number of unbranched alkanes of at least 4 members (excludes halogenated alkanes) is 1. The van der Waals surface area contributed by atoms with Crippen molar-refractivity contribution in [3.63, 3.8) is 0 Å². The van der Waals surface area contributed by atoms with Crippen LogP contribution in [0.2, 0.25) is 0 Å². The molecule has 102 valence electrons. The summed E-state index contributed by atoms with van der Waals surface area (Å²) in [6, 6.07) is 5.93. The number of benzene rings is 1. The molecule has 0 aromatic heterocycles. The Morgan fingerprint density at radius 2 is 2.21 bits per heavy atom. The minimum atomic E-state index is -0.750. The van der Waals surface area contributed by atoms with Crippen LogP contribution in [-0.4, -0.2) is 18.2 Å². The predicted octanol–water partition coefficient (Wildman–Crippen LogP) is 3.84. The molecule has 0 radical (unpaired) electrons. The van der Waals surface area contributed by atoms with E-state index in [9.17, 15) is 4.79 Å². The molecule has 2 rings (SSSR count). The van der Waals surface area contributed by atoms with E-state index >= 15 is 0 Å². The molecule has 1 aliphatic rings. The molecular weight excluding hydrogens is 240 g/mol. The van der Waals surface area contributed by atoms with E-state index in [0.717, 1.165) is 30.6 Å². The van der Waals surface area contributed by atoms with E-state index in [1.807, 2.05) is 18.2 Å². The highest BCUT2D eigenvalue weighted by Crippen LogP contribution is 2.41. The fourth-order valence-corrected chi connectivity index (χ4v) is 2.63. The van der Waals surface area contributed by atoms with Gasteiger partial charge in [0.05, 0.1) is 13.5 Å². The van der Waals surface area contributed by atoms with Gasteiger partial charge in [-0.15, -0.1) is 0 Å². The number of carboxylic acids is 1. The Morgan fingerprint density at radius 3 is 2.84 bits per heavy atom. The fraction of sp³-hybridized carbons (Fsp3) is 0.438. The molecule has 1 aromatic rings. The molecule has 1 N–H and O–H groups in total. The third-order valence-electron chi connectivity index (χ3n) is 3.60. The topological polar surface area (TPSA) is 46.5 Å². The van der Waals surface area contributed by atoms with Crippen LogP contribution in [0.3, 0.4) is 0 Å². The Balaban J connectivity index is 2.32. The standard InChI is InChI=1S/C16H20O3/c1-3-4-5-11-8-12(9-16(17)18)14-7-6-13(19-2)10-15(11)14/h6-8,10,12H,3-5,9H2,1-2H3,(H,17,18). The number of methoxy groups -OCH3 is 1. The first-order chi connectivity index (χ1) is 9.15. The Labute approximate surface area is 113 Å². The van der Waals surface area contributed by atoms with Crippen LogP contribution in [0, 0.1) is 0 Å². The number of carbonyl (C=O) groups is 1. The van der Waals surface area contributed by atoms with Gasteiger partial charge in [0.2, 0.25) is 0 Å². The minimum Gasteiger partial charge on any atom is -0.497 e. The molecule has 1 aliphatic carbocycles. The van der Waals surface area contributed by atoms with Crippen LogP contribution in [0.4, 0.5) is 0 Å². The Morgan fingerprint density at radius 1 is 1.42 bits per heavy atom. The van der Waals surface area contributed by atoms with Crippen molar-refractivity contribution in [2.45, 2.75) is 38.5 Å². The molecule has 1 unspecified atom stereocenters. The monoisotopic (exact) mass is 260 g/mol. The average molecular weight is 260 g/mol. The number of fused-ring (bicyclic) bond motifs is 1. The normalized spacial score (nSPS) is 16.9. The van der Waals surface area contributed by atoms with Crippen molar-refractivity contribution in [1.29, 1.82) is 0 Å². The van der Waals surface area contributed by atoms with Crippen molar-refractivity contribution in [3.05, 3.63) is 35.4 Å². The summed E-state index contributed by atoms with van der Waals surface area (Å²) in [5.41, 5.74) is 3.55. The van der Waals surface area contributed by atoms with Gasteiger partial charge in [0.1, 0.15) is 5.75 Å². The van der Waals surface area contributed by atoms with Gasteiger partial charge in [0.15, 0.2) is 0 Å². The lowest BCUT2D eigenvalue weighted by molar-refractivity contribution is -0.137. The van der Waals surface area contributed by atoms with E-state index in [0.29, 0.717) is 0 Å². The van der Waals surface area contributed by atoms with Crippen molar-refractivity contribution < 1.29 is 14.6 Å². The second-order valence-electron chi connectivity index (χ2n) is 4.95. The van der Waals surface area contributed by atoms with Crippen molar-refractivity contribution in [2.24, 2.45) is 0 Å². The summed E-state index contributed by atoms with van der Waals surface area (Å²) in [6.07, 6.45) is 5.55. The van der Waals surface area contributed by atoms with Gasteiger partial charge in [-0.3, -0.25) is 4.79 Å². The molecule has 3 nitrogen and oxygen atoms in total. The third kappa shape index (κ3) is 2.98. The second kappa shape index (κ2) is 5.91. The highest BCUT2D eigenvalue weighted by molar-refractivity contribution is 5.79. The largest absolute Gasteiger partial charge is 0.497 e. The summed E-state index contributed by atoms with van der Waals surface area (Å²) >= 11 is 0. The van der Waals surface area contributed by atoms with Gasteiger partial charge >= 0.3 is 5.97 Å². The van der Waals surface area contributed by atoms with E-state index in [4.69, 9.17) is 9.84 Å². The van der Waals surface area contributed by atoms with Crippen LogP contribution in [0.1, 0.15) is 49.7 Å². The molecular formula is C16H20O3. The van der Waals surface area contributed by atoms with Crippen LogP contribution < -0.4 is 4.74 Å². The van der Waals surface area contributed by atoms with E-state index in [1.54, 1.807) is 7.11 Å². The Bertz CT molecular complexity index is 503. The molecule has 0 spiro atoms. The van der Waals surface area contributed by atoms with Gasteiger partial charge in [-0.05, 0) is 41.7 Å². The van der Waals surface area contributed by atoms with E-state index in [2.05, 4.69) is 13.0 Å². The number of allylic oxidation sites excluding steroid dienone is 2. The van der Waals surface area contributed by atoms with Crippen molar-refractivity contribution >= 4 is 11.5 Å². The number of hydrogen-bond donors (Lipinski definition) is 1. The first-order valence-electron chi connectivity index (χ1n) is 6.76. The highest BCUT2D eigenvalue weighted by Gasteiger charge is 2.25. The molecule has 1 aromatic carbocycles. The minimum absolute atomic E-state index is 0.00487. The van der Waals surface area contributed by atoms with Crippen molar-refractivity contribution in [1.82, 2.24) is 0 Å². The summed E-state index contributed by atoms with van der Waals surface area (Å²) in [6.45, 7) is 2.16. The lowest BCUT2D eigenvalue weighted by Gasteiger charge is -2.10.